The normalized spacial score (nSPS) is 14.6. The predicted octanol–water partition coefficient (Wildman–Crippen LogP) is 4.24. The van der Waals surface area contributed by atoms with E-state index < -0.39 is 0 Å². The number of halogens is 1. The Bertz CT molecular complexity index is 644. The van der Waals surface area contributed by atoms with Crippen molar-refractivity contribution in [2.24, 2.45) is 4.99 Å². The van der Waals surface area contributed by atoms with E-state index in [1.807, 2.05) is 13.0 Å². The van der Waals surface area contributed by atoms with Gasteiger partial charge in [0.15, 0.2) is 0 Å². The molecule has 2 nitrogen and oxygen atoms in total. The van der Waals surface area contributed by atoms with Gasteiger partial charge in [0, 0.05) is 16.8 Å². The lowest BCUT2D eigenvalue weighted by atomic mass is 9.99. The fraction of sp³-hybridized carbons (Fsp3) is 0.286. The molecule has 0 aliphatic carbocycles. The molecule has 0 amide bonds. The van der Waals surface area contributed by atoms with Gasteiger partial charge in [0.05, 0.1) is 16.2 Å². The standard InChI is InChI=1S/C14H13ClN2/c1-8-3-4-10-5-6-11-12(15)7-9(2)17-14(11)13(10)16-8/h5-7H,3-4H2,1-2H3. The van der Waals surface area contributed by atoms with Crippen LogP contribution in [0.5, 0.6) is 0 Å². The molecule has 0 saturated heterocycles. The number of hydrogen-bond acceptors (Lipinski definition) is 2. The van der Waals surface area contributed by atoms with Crippen LogP contribution in [0.15, 0.2) is 23.2 Å². The Morgan fingerprint density at radius 2 is 2.00 bits per heavy atom. The molecule has 0 atom stereocenters. The van der Waals surface area contributed by atoms with E-state index in [1.54, 1.807) is 0 Å². The number of aromatic nitrogens is 1. The topological polar surface area (TPSA) is 25.2 Å². The van der Waals surface area contributed by atoms with E-state index in [-0.39, 0.29) is 0 Å². The minimum atomic E-state index is 0.758. The zero-order valence-electron chi connectivity index (χ0n) is 9.92. The lowest BCUT2D eigenvalue weighted by Gasteiger charge is -2.15. The third-order valence-corrected chi connectivity index (χ3v) is 3.49. The van der Waals surface area contributed by atoms with E-state index in [1.165, 1.54) is 11.3 Å². The van der Waals surface area contributed by atoms with Gasteiger partial charge in [-0.05, 0) is 38.3 Å². The maximum atomic E-state index is 6.25. The van der Waals surface area contributed by atoms with Crippen LogP contribution in [-0.4, -0.2) is 10.7 Å². The summed E-state index contributed by atoms with van der Waals surface area (Å²) in [5, 5.41) is 1.75. The van der Waals surface area contributed by atoms with Crippen LogP contribution in [0, 0.1) is 6.92 Å². The molecule has 1 aliphatic heterocycles. The van der Waals surface area contributed by atoms with E-state index in [9.17, 15) is 0 Å². The summed E-state index contributed by atoms with van der Waals surface area (Å²) < 4.78 is 0. The highest BCUT2D eigenvalue weighted by Gasteiger charge is 2.15. The van der Waals surface area contributed by atoms with Gasteiger partial charge in [-0.2, -0.15) is 0 Å². The van der Waals surface area contributed by atoms with Crippen LogP contribution < -0.4 is 0 Å². The molecule has 1 aromatic heterocycles. The summed E-state index contributed by atoms with van der Waals surface area (Å²) in [6.45, 7) is 4.03. The molecule has 2 aromatic rings. The third-order valence-electron chi connectivity index (χ3n) is 3.17. The van der Waals surface area contributed by atoms with Crippen molar-refractivity contribution in [2.75, 3.05) is 0 Å². The predicted molar refractivity (Wildman–Crippen MR) is 72.6 cm³/mol. The monoisotopic (exact) mass is 244 g/mol. The molecule has 1 aliphatic rings. The van der Waals surface area contributed by atoms with E-state index in [0.29, 0.717) is 0 Å². The Labute approximate surface area is 105 Å². The van der Waals surface area contributed by atoms with Gasteiger partial charge in [-0.25, -0.2) is 0 Å². The average molecular weight is 245 g/mol. The lowest BCUT2D eigenvalue weighted by molar-refractivity contribution is 1.00. The minimum absolute atomic E-state index is 0.758. The highest BCUT2D eigenvalue weighted by Crippen LogP contribution is 2.35. The molecular weight excluding hydrogens is 232 g/mol. The van der Waals surface area contributed by atoms with Gasteiger partial charge >= 0.3 is 0 Å². The van der Waals surface area contributed by atoms with Gasteiger partial charge in [-0.3, -0.25) is 9.98 Å². The van der Waals surface area contributed by atoms with E-state index >= 15 is 0 Å². The number of aryl methyl sites for hydroxylation is 2. The van der Waals surface area contributed by atoms with Crippen molar-refractivity contribution >= 4 is 33.9 Å². The quantitative estimate of drug-likeness (QED) is 0.681. The van der Waals surface area contributed by atoms with Gasteiger partial charge in [-0.1, -0.05) is 23.7 Å². The Balaban J connectivity index is 2.42. The van der Waals surface area contributed by atoms with E-state index in [0.717, 1.165) is 40.1 Å². The van der Waals surface area contributed by atoms with Crippen LogP contribution in [0.4, 0.5) is 5.69 Å². The molecule has 3 rings (SSSR count). The average Bonchev–Trinajstić information content (AvgIpc) is 2.28. The van der Waals surface area contributed by atoms with Gasteiger partial charge < -0.3 is 0 Å². The van der Waals surface area contributed by atoms with Crippen molar-refractivity contribution in [2.45, 2.75) is 26.7 Å². The maximum Gasteiger partial charge on any atom is 0.0979 e. The summed E-state index contributed by atoms with van der Waals surface area (Å²) in [5.74, 6) is 0. The highest BCUT2D eigenvalue weighted by atomic mass is 35.5. The molecule has 0 N–H and O–H groups in total. The van der Waals surface area contributed by atoms with E-state index in [4.69, 9.17) is 11.6 Å². The van der Waals surface area contributed by atoms with Crippen LogP contribution in [0.1, 0.15) is 24.6 Å². The fourth-order valence-corrected chi connectivity index (χ4v) is 2.60. The SMILES string of the molecule is CC1=Nc2c(ccc3c(Cl)cc(C)nc23)CC1. The van der Waals surface area contributed by atoms with Gasteiger partial charge in [0.25, 0.3) is 0 Å². The fourth-order valence-electron chi connectivity index (χ4n) is 2.29. The summed E-state index contributed by atoms with van der Waals surface area (Å²) in [5.41, 5.74) is 5.33. The Kier molecular flexibility index (Phi) is 2.40. The second-order valence-corrected chi connectivity index (χ2v) is 4.97. The van der Waals surface area contributed by atoms with E-state index in [2.05, 4.69) is 29.0 Å². The van der Waals surface area contributed by atoms with Crippen molar-refractivity contribution in [3.05, 3.63) is 34.5 Å². The van der Waals surface area contributed by atoms with Gasteiger partial charge in [0.2, 0.25) is 0 Å². The first-order valence-electron chi connectivity index (χ1n) is 5.78. The first kappa shape index (κ1) is 10.7. The zero-order valence-corrected chi connectivity index (χ0v) is 10.7. The Morgan fingerprint density at radius 1 is 1.18 bits per heavy atom. The molecule has 0 bridgehead atoms. The molecule has 2 heterocycles. The van der Waals surface area contributed by atoms with Crippen LogP contribution in [0.3, 0.4) is 0 Å². The lowest BCUT2D eigenvalue weighted by Crippen LogP contribution is -2.02. The maximum absolute atomic E-state index is 6.25. The first-order valence-corrected chi connectivity index (χ1v) is 6.16. The number of aliphatic imine (C=N–C) groups is 1. The summed E-state index contributed by atoms with van der Waals surface area (Å²) in [6.07, 6.45) is 2.09. The van der Waals surface area contributed by atoms with Crippen LogP contribution >= 0.6 is 11.6 Å². The largest absolute Gasteiger partial charge is 0.256 e. The molecule has 0 radical (unpaired) electrons. The number of nitrogens with zero attached hydrogens (tertiary/aromatic N) is 2. The molecule has 0 saturated carbocycles. The number of benzene rings is 1. The first-order chi connectivity index (χ1) is 8.15. The molecule has 1 aromatic carbocycles. The highest BCUT2D eigenvalue weighted by molar-refractivity contribution is 6.35. The summed E-state index contributed by atoms with van der Waals surface area (Å²) in [4.78, 5) is 9.24. The van der Waals surface area contributed by atoms with Crippen LogP contribution in [0.25, 0.3) is 10.9 Å². The number of hydrogen-bond donors (Lipinski definition) is 0. The molecule has 3 heteroatoms. The summed E-state index contributed by atoms with van der Waals surface area (Å²) >= 11 is 6.25. The summed E-state index contributed by atoms with van der Waals surface area (Å²) in [7, 11) is 0. The van der Waals surface area contributed by atoms with Gasteiger partial charge in [0.1, 0.15) is 0 Å². The van der Waals surface area contributed by atoms with Crippen molar-refractivity contribution in [3.8, 4) is 0 Å². The number of pyridine rings is 1. The van der Waals surface area contributed by atoms with Crippen molar-refractivity contribution in [1.82, 2.24) is 4.98 Å². The second-order valence-electron chi connectivity index (χ2n) is 4.56. The molecule has 0 spiro atoms. The minimum Gasteiger partial charge on any atom is -0.256 e. The van der Waals surface area contributed by atoms with Crippen LogP contribution in [-0.2, 0) is 6.42 Å². The third kappa shape index (κ3) is 1.73. The smallest absolute Gasteiger partial charge is 0.0979 e. The van der Waals surface area contributed by atoms with Crippen molar-refractivity contribution in [1.29, 1.82) is 0 Å². The molecular formula is C14H13ClN2. The molecule has 0 fully saturated rings. The zero-order chi connectivity index (χ0) is 12.0. The Hall–Kier alpha value is -1.41. The second kappa shape index (κ2) is 3.81. The molecule has 0 unspecified atom stereocenters. The van der Waals surface area contributed by atoms with Crippen molar-refractivity contribution in [3.63, 3.8) is 0 Å². The van der Waals surface area contributed by atoms with Crippen molar-refractivity contribution < 1.29 is 0 Å². The van der Waals surface area contributed by atoms with Crippen LogP contribution in [0.2, 0.25) is 5.02 Å². The molecule has 86 valence electrons. The van der Waals surface area contributed by atoms with Gasteiger partial charge in [-0.15, -0.1) is 0 Å². The summed E-state index contributed by atoms with van der Waals surface area (Å²) in [6, 6.07) is 6.07. The number of rotatable bonds is 0. The molecule has 17 heavy (non-hydrogen) atoms. The number of fused-ring (bicyclic) bond motifs is 3. The Morgan fingerprint density at radius 3 is 2.82 bits per heavy atom.